The highest BCUT2D eigenvalue weighted by atomic mass is 16.3. The average Bonchev–Trinajstić information content (AvgIpc) is 2.42. The van der Waals surface area contributed by atoms with E-state index in [0.29, 0.717) is 19.5 Å². The Kier molecular flexibility index (Phi) is 6.36. The van der Waals surface area contributed by atoms with E-state index >= 15 is 0 Å². The van der Waals surface area contributed by atoms with E-state index in [9.17, 15) is 9.90 Å². The van der Waals surface area contributed by atoms with Gasteiger partial charge in [0.15, 0.2) is 0 Å². The molecule has 106 valence electrons. The normalized spacial score (nSPS) is 12.0. The number of benzene rings is 1. The Labute approximate surface area is 115 Å². The summed E-state index contributed by atoms with van der Waals surface area (Å²) >= 11 is 0. The van der Waals surface area contributed by atoms with Gasteiger partial charge in [0.2, 0.25) is 5.91 Å². The fourth-order valence-electron chi connectivity index (χ4n) is 1.81. The van der Waals surface area contributed by atoms with E-state index in [2.05, 4.69) is 0 Å². The van der Waals surface area contributed by atoms with Crippen LogP contribution in [-0.2, 0) is 4.79 Å². The molecule has 1 atom stereocenters. The molecule has 0 saturated heterocycles. The van der Waals surface area contributed by atoms with Gasteiger partial charge in [-0.2, -0.15) is 0 Å². The van der Waals surface area contributed by atoms with E-state index in [1.807, 2.05) is 42.2 Å². The van der Waals surface area contributed by atoms with E-state index in [1.165, 1.54) is 0 Å². The predicted octanol–water partition coefficient (Wildman–Crippen LogP) is 1.74. The molecule has 0 aliphatic heterocycles. The lowest BCUT2D eigenvalue weighted by Crippen LogP contribution is -2.39. The van der Waals surface area contributed by atoms with Gasteiger partial charge in [0.1, 0.15) is 0 Å². The van der Waals surface area contributed by atoms with Crippen LogP contribution in [0.1, 0.15) is 20.3 Å². The summed E-state index contributed by atoms with van der Waals surface area (Å²) in [5, 5.41) is 9.24. The Bertz CT molecular complexity index is 379. The number of carbonyl (C=O) groups excluding carboxylic acids is 1. The van der Waals surface area contributed by atoms with Crippen LogP contribution in [0.2, 0.25) is 0 Å². The van der Waals surface area contributed by atoms with Crippen molar-refractivity contribution < 1.29 is 9.90 Å². The molecule has 0 aromatic heterocycles. The second kappa shape index (κ2) is 7.79. The highest BCUT2D eigenvalue weighted by Gasteiger charge is 2.14. The molecule has 1 amide bonds. The minimum atomic E-state index is -0.369. The lowest BCUT2D eigenvalue weighted by molar-refractivity contribution is -0.128. The van der Waals surface area contributed by atoms with Gasteiger partial charge in [0.25, 0.3) is 0 Å². The smallest absolute Gasteiger partial charge is 0.241 e. The first-order valence-electron chi connectivity index (χ1n) is 6.76. The van der Waals surface area contributed by atoms with Gasteiger partial charge in [-0.1, -0.05) is 18.2 Å². The molecule has 4 heteroatoms. The largest absolute Gasteiger partial charge is 0.393 e. The third-order valence-electron chi connectivity index (χ3n) is 3.14. The van der Waals surface area contributed by atoms with Crippen LogP contribution in [0.4, 0.5) is 5.69 Å². The topological polar surface area (TPSA) is 43.8 Å². The first kappa shape index (κ1) is 15.5. The molecule has 0 spiro atoms. The Hall–Kier alpha value is -1.55. The molecule has 4 nitrogen and oxygen atoms in total. The van der Waals surface area contributed by atoms with Crippen molar-refractivity contribution in [3.63, 3.8) is 0 Å². The van der Waals surface area contributed by atoms with Crippen molar-refractivity contribution in [3.05, 3.63) is 30.3 Å². The molecule has 0 saturated carbocycles. The molecule has 0 aliphatic rings. The van der Waals surface area contributed by atoms with Gasteiger partial charge in [0.05, 0.1) is 12.6 Å². The Morgan fingerprint density at radius 1 is 1.32 bits per heavy atom. The quantitative estimate of drug-likeness (QED) is 0.816. The number of anilines is 1. The highest BCUT2D eigenvalue weighted by Crippen LogP contribution is 2.12. The molecule has 0 bridgehead atoms. The lowest BCUT2D eigenvalue weighted by Gasteiger charge is -2.26. The van der Waals surface area contributed by atoms with Crippen molar-refractivity contribution >= 4 is 11.6 Å². The first-order chi connectivity index (χ1) is 9.04. The molecule has 1 N–H and O–H groups in total. The lowest BCUT2D eigenvalue weighted by atomic mass is 10.2. The van der Waals surface area contributed by atoms with Gasteiger partial charge in [-0.15, -0.1) is 0 Å². The molecule has 0 aliphatic carbocycles. The van der Waals surface area contributed by atoms with Crippen molar-refractivity contribution in [3.8, 4) is 0 Å². The number of hydrogen-bond acceptors (Lipinski definition) is 3. The van der Waals surface area contributed by atoms with Crippen LogP contribution in [0.3, 0.4) is 0 Å². The van der Waals surface area contributed by atoms with Crippen LogP contribution in [0.5, 0.6) is 0 Å². The zero-order valence-corrected chi connectivity index (χ0v) is 12.0. The Morgan fingerprint density at radius 3 is 2.47 bits per heavy atom. The molecular weight excluding hydrogens is 240 g/mol. The minimum Gasteiger partial charge on any atom is -0.393 e. The van der Waals surface area contributed by atoms with Crippen LogP contribution in [-0.4, -0.2) is 48.7 Å². The fraction of sp³-hybridized carbons (Fsp3) is 0.533. The summed E-state index contributed by atoms with van der Waals surface area (Å²) in [6, 6.07) is 9.92. The van der Waals surface area contributed by atoms with Gasteiger partial charge >= 0.3 is 0 Å². The van der Waals surface area contributed by atoms with Crippen molar-refractivity contribution in [2.45, 2.75) is 26.4 Å². The van der Waals surface area contributed by atoms with Crippen LogP contribution >= 0.6 is 0 Å². The van der Waals surface area contributed by atoms with Gasteiger partial charge in [-0.05, 0) is 32.4 Å². The number of carbonyl (C=O) groups is 1. The molecule has 0 heterocycles. The predicted molar refractivity (Wildman–Crippen MR) is 78.3 cm³/mol. The van der Waals surface area contributed by atoms with E-state index in [-0.39, 0.29) is 12.0 Å². The van der Waals surface area contributed by atoms with Gasteiger partial charge in [-0.3, -0.25) is 4.79 Å². The van der Waals surface area contributed by atoms with Crippen molar-refractivity contribution in [2.75, 3.05) is 31.6 Å². The number of para-hydroxylation sites is 1. The first-order valence-corrected chi connectivity index (χ1v) is 6.76. The molecule has 1 aromatic carbocycles. The zero-order chi connectivity index (χ0) is 14.3. The van der Waals surface area contributed by atoms with Crippen molar-refractivity contribution in [2.24, 2.45) is 0 Å². The van der Waals surface area contributed by atoms with Gasteiger partial charge < -0.3 is 14.9 Å². The summed E-state index contributed by atoms with van der Waals surface area (Å²) in [6.07, 6.45) is 0.242. The summed E-state index contributed by atoms with van der Waals surface area (Å²) in [5.74, 6) is 0.0753. The third kappa shape index (κ3) is 5.30. The van der Waals surface area contributed by atoms with E-state index in [0.717, 1.165) is 12.2 Å². The fourth-order valence-corrected chi connectivity index (χ4v) is 1.81. The maximum absolute atomic E-state index is 12.1. The zero-order valence-electron chi connectivity index (χ0n) is 12.0. The van der Waals surface area contributed by atoms with Gasteiger partial charge in [0, 0.05) is 25.8 Å². The summed E-state index contributed by atoms with van der Waals surface area (Å²) < 4.78 is 0. The molecule has 0 fully saturated rings. The number of rotatable bonds is 7. The van der Waals surface area contributed by atoms with Crippen LogP contribution < -0.4 is 4.90 Å². The highest BCUT2D eigenvalue weighted by molar-refractivity contribution is 5.81. The van der Waals surface area contributed by atoms with Crippen molar-refractivity contribution in [1.29, 1.82) is 0 Å². The summed E-state index contributed by atoms with van der Waals surface area (Å²) in [4.78, 5) is 15.8. The van der Waals surface area contributed by atoms with Crippen LogP contribution in [0.15, 0.2) is 30.3 Å². The molecular formula is C15H24N2O2. The monoisotopic (exact) mass is 264 g/mol. The van der Waals surface area contributed by atoms with Crippen molar-refractivity contribution in [1.82, 2.24) is 4.90 Å². The second-order valence-electron chi connectivity index (χ2n) is 4.80. The Balaban J connectivity index is 2.54. The number of nitrogens with zero attached hydrogens (tertiary/aromatic N) is 2. The Morgan fingerprint density at radius 2 is 1.95 bits per heavy atom. The summed E-state index contributed by atoms with van der Waals surface area (Å²) in [6.45, 7) is 5.52. The standard InChI is InChI=1S/C15H24N2O2/c1-4-17(14-8-6-5-7-9-14)12-15(19)16(3)11-10-13(2)18/h5-9,13,18H,4,10-12H2,1-3H3. The number of likely N-dealkylation sites (N-methyl/N-ethyl adjacent to an activating group) is 2. The van der Waals surface area contributed by atoms with Crippen LogP contribution in [0.25, 0.3) is 0 Å². The molecule has 1 aromatic rings. The maximum atomic E-state index is 12.1. The average molecular weight is 264 g/mol. The number of aliphatic hydroxyl groups excluding tert-OH is 1. The molecule has 0 radical (unpaired) electrons. The molecule has 1 rings (SSSR count). The number of aliphatic hydroxyl groups is 1. The molecule has 1 unspecified atom stereocenters. The number of amides is 1. The van der Waals surface area contributed by atoms with Gasteiger partial charge in [-0.25, -0.2) is 0 Å². The number of hydrogen-bond donors (Lipinski definition) is 1. The SMILES string of the molecule is CCN(CC(=O)N(C)CCC(C)O)c1ccccc1. The second-order valence-corrected chi connectivity index (χ2v) is 4.80. The minimum absolute atomic E-state index is 0.0753. The van der Waals surface area contributed by atoms with E-state index in [1.54, 1.807) is 18.9 Å². The summed E-state index contributed by atoms with van der Waals surface area (Å²) in [5.41, 5.74) is 1.06. The third-order valence-corrected chi connectivity index (χ3v) is 3.14. The maximum Gasteiger partial charge on any atom is 0.241 e. The van der Waals surface area contributed by atoms with E-state index in [4.69, 9.17) is 0 Å². The van der Waals surface area contributed by atoms with E-state index < -0.39 is 0 Å². The summed E-state index contributed by atoms with van der Waals surface area (Å²) in [7, 11) is 1.78. The van der Waals surface area contributed by atoms with Crippen LogP contribution in [0, 0.1) is 0 Å². The molecule has 19 heavy (non-hydrogen) atoms.